The minimum atomic E-state index is -1.30. The molecule has 2 N–H and O–H groups in total. The van der Waals surface area contributed by atoms with Gasteiger partial charge in [-0.1, -0.05) is 0 Å². The van der Waals surface area contributed by atoms with E-state index in [-0.39, 0.29) is 5.89 Å². The molecule has 1 rings (SSSR count). The van der Waals surface area contributed by atoms with E-state index in [1.807, 2.05) is 0 Å². The maximum Gasteiger partial charge on any atom is 0.408 e. The number of amides is 1. The van der Waals surface area contributed by atoms with Crippen LogP contribution in [0.4, 0.5) is 4.79 Å². The van der Waals surface area contributed by atoms with Gasteiger partial charge in [0.2, 0.25) is 5.89 Å². The van der Waals surface area contributed by atoms with Gasteiger partial charge in [0.15, 0.2) is 0 Å². The second-order valence-corrected chi connectivity index (χ2v) is 4.63. The number of carbonyl (C=O) groups is 2. The Kier molecular flexibility index (Phi) is 3.89. The van der Waals surface area contributed by atoms with Crippen molar-refractivity contribution in [3.8, 4) is 0 Å². The molecule has 100 valence electrons. The van der Waals surface area contributed by atoms with Crippen LogP contribution in [0.3, 0.4) is 0 Å². The summed E-state index contributed by atoms with van der Waals surface area (Å²) in [6.07, 6.45) is -0.648. The van der Waals surface area contributed by atoms with E-state index in [1.54, 1.807) is 27.7 Å². The molecule has 8 heteroatoms. The molecule has 0 fully saturated rings. The first kappa shape index (κ1) is 13.9. The lowest BCUT2D eigenvalue weighted by molar-refractivity contribution is 0.0498. The highest BCUT2D eigenvalue weighted by atomic mass is 16.6. The van der Waals surface area contributed by atoms with Gasteiger partial charge in [0.1, 0.15) is 11.6 Å². The number of nitrogens with zero attached hydrogens (tertiary/aromatic N) is 2. The Morgan fingerprint density at radius 3 is 2.50 bits per heavy atom. The third-order valence-corrected chi connectivity index (χ3v) is 1.74. The number of alkyl carbamates (subject to hydrolysis) is 1. The van der Waals surface area contributed by atoms with Gasteiger partial charge in [0.25, 0.3) is 5.82 Å². The zero-order valence-corrected chi connectivity index (χ0v) is 10.6. The standard InChI is InChI=1S/C10H15N3O5/c1-5(11-9(16)17-10(2,3)4)7-12-6(8(14)15)13-18-7/h5H,1-4H3,(H,11,16)(H,14,15). The molecule has 0 saturated carbocycles. The van der Waals surface area contributed by atoms with Gasteiger partial charge in [-0.25, -0.2) is 9.59 Å². The number of ether oxygens (including phenoxy) is 1. The molecule has 0 bridgehead atoms. The van der Waals surface area contributed by atoms with Crippen molar-refractivity contribution in [3.63, 3.8) is 0 Å². The third kappa shape index (κ3) is 4.04. The summed E-state index contributed by atoms with van der Waals surface area (Å²) >= 11 is 0. The van der Waals surface area contributed by atoms with Crippen molar-refractivity contribution in [2.45, 2.75) is 39.3 Å². The lowest BCUT2D eigenvalue weighted by atomic mass is 10.2. The first-order valence-electron chi connectivity index (χ1n) is 5.25. The van der Waals surface area contributed by atoms with Gasteiger partial charge in [-0.15, -0.1) is 0 Å². The van der Waals surface area contributed by atoms with Gasteiger partial charge in [0, 0.05) is 0 Å². The van der Waals surface area contributed by atoms with E-state index in [0.717, 1.165) is 0 Å². The first-order chi connectivity index (χ1) is 8.19. The Morgan fingerprint density at radius 2 is 2.06 bits per heavy atom. The molecule has 0 saturated heterocycles. The maximum atomic E-state index is 11.4. The fourth-order valence-corrected chi connectivity index (χ4v) is 1.04. The molecule has 0 aliphatic rings. The van der Waals surface area contributed by atoms with Crippen LogP contribution in [0.1, 0.15) is 50.2 Å². The van der Waals surface area contributed by atoms with E-state index in [2.05, 4.69) is 15.5 Å². The fraction of sp³-hybridized carbons (Fsp3) is 0.600. The monoisotopic (exact) mass is 257 g/mol. The van der Waals surface area contributed by atoms with E-state index in [4.69, 9.17) is 14.4 Å². The summed E-state index contributed by atoms with van der Waals surface area (Å²) in [5.41, 5.74) is -0.620. The number of aromatic carboxylic acids is 1. The summed E-state index contributed by atoms with van der Waals surface area (Å²) in [4.78, 5) is 25.6. The topological polar surface area (TPSA) is 115 Å². The van der Waals surface area contributed by atoms with Gasteiger partial charge >= 0.3 is 12.1 Å². The Labute approximate surface area is 103 Å². The van der Waals surface area contributed by atoms with Crippen molar-refractivity contribution in [2.24, 2.45) is 0 Å². The fourth-order valence-electron chi connectivity index (χ4n) is 1.04. The number of hydrogen-bond donors (Lipinski definition) is 2. The van der Waals surface area contributed by atoms with E-state index in [0.29, 0.717) is 0 Å². The van der Waals surface area contributed by atoms with Crippen LogP contribution in [0, 0.1) is 0 Å². The van der Waals surface area contributed by atoms with E-state index in [1.165, 1.54) is 0 Å². The molecule has 0 aromatic carbocycles. The smallest absolute Gasteiger partial charge is 0.408 e. The van der Waals surface area contributed by atoms with Crippen LogP contribution < -0.4 is 5.32 Å². The van der Waals surface area contributed by atoms with Crippen molar-refractivity contribution in [1.82, 2.24) is 15.5 Å². The molecular formula is C10H15N3O5. The molecule has 18 heavy (non-hydrogen) atoms. The number of carboxylic acids is 1. The maximum absolute atomic E-state index is 11.4. The minimum Gasteiger partial charge on any atom is -0.475 e. The number of carboxylic acid groups (broad SMARTS) is 1. The predicted molar refractivity (Wildman–Crippen MR) is 59.0 cm³/mol. The van der Waals surface area contributed by atoms with Crippen LogP contribution in [0.2, 0.25) is 0 Å². The molecule has 1 aromatic rings. The molecule has 1 amide bonds. The lowest BCUT2D eigenvalue weighted by Crippen LogP contribution is -2.34. The van der Waals surface area contributed by atoms with Crippen LogP contribution in [-0.2, 0) is 4.74 Å². The van der Waals surface area contributed by atoms with Crippen LogP contribution in [-0.4, -0.2) is 32.9 Å². The van der Waals surface area contributed by atoms with Gasteiger partial charge in [-0.3, -0.25) is 0 Å². The quantitative estimate of drug-likeness (QED) is 0.839. The minimum absolute atomic E-state index is 0.00161. The highest BCUT2D eigenvalue weighted by Gasteiger charge is 2.22. The van der Waals surface area contributed by atoms with Crippen LogP contribution in [0.5, 0.6) is 0 Å². The zero-order valence-electron chi connectivity index (χ0n) is 10.6. The average molecular weight is 257 g/mol. The zero-order chi connectivity index (χ0) is 13.9. The van der Waals surface area contributed by atoms with Crippen LogP contribution in [0.25, 0.3) is 0 Å². The lowest BCUT2D eigenvalue weighted by Gasteiger charge is -2.20. The van der Waals surface area contributed by atoms with Crippen molar-refractivity contribution in [2.75, 3.05) is 0 Å². The van der Waals surface area contributed by atoms with Gasteiger partial charge in [-0.05, 0) is 32.9 Å². The molecule has 0 spiro atoms. The van der Waals surface area contributed by atoms with E-state index >= 15 is 0 Å². The summed E-state index contributed by atoms with van der Waals surface area (Å²) in [5, 5.41) is 14.3. The largest absolute Gasteiger partial charge is 0.475 e. The van der Waals surface area contributed by atoms with E-state index in [9.17, 15) is 9.59 Å². The molecule has 8 nitrogen and oxygen atoms in total. The first-order valence-corrected chi connectivity index (χ1v) is 5.25. The van der Waals surface area contributed by atoms with Gasteiger partial charge in [0.05, 0.1) is 0 Å². The van der Waals surface area contributed by atoms with Crippen molar-refractivity contribution in [1.29, 1.82) is 0 Å². The summed E-state index contributed by atoms with van der Waals surface area (Å²) in [5.74, 6) is -1.75. The normalized spacial score (nSPS) is 12.9. The average Bonchev–Trinajstić information content (AvgIpc) is 2.62. The van der Waals surface area contributed by atoms with Gasteiger partial charge in [-0.2, -0.15) is 4.98 Å². The van der Waals surface area contributed by atoms with Crippen molar-refractivity contribution < 1.29 is 24.0 Å². The van der Waals surface area contributed by atoms with E-state index < -0.39 is 29.5 Å². The second kappa shape index (κ2) is 5.03. The number of hydrogen-bond acceptors (Lipinski definition) is 6. The summed E-state index contributed by atoms with van der Waals surface area (Å²) in [6, 6.07) is -0.638. The Balaban J connectivity index is 2.62. The Morgan fingerprint density at radius 1 is 1.44 bits per heavy atom. The molecule has 1 atom stereocenters. The summed E-state index contributed by atoms with van der Waals surface area (Å²) in [6.45, 7) is 6.76. The highest BCUT2D eigenvalue weighted by Crippen LogP contribution is 2.12. The summed E-state index contributed by atoms with van der Waals surface area (Å²) in [7, 11) is 0. The molecule has 0 radical (unpaired) electrons. The number of carbonyl (C=O) groups excluding carboxylic acids is 1. The number of rotatable bonds is 3. The van der Waals surface area contributed by atoms with Crippen LogP contribution >= 0.6 is 0 Å². The molecular weight excluding hydrogens is 242 g/mol. The highest BCUT2D eigenvalue weighted by molar-refractivity contribution is 5.82. The Hall–Kier alpha value is -2.12. The summed E-state index contributed by atoms with van der Waals surface area (Å²) < 4.78 is 9.73. The van der Waals surface area contributed by atoms with Crippen molar-refractivity contribution in [3.05, 3.63) is 11.7 Å². The SMILES string of the molecule is CC(NC(=O)OC(C)(C)C)c1nc(C(=O)O)no1. The third-order valence-electron chi connectivity index (χ3n) is 1.74. The molecule has 1 heterocycles. The van der Waals surface area contributed by atoms with Gasteiger partial charge < -0.3 is 19.7 Å². The molecule has 1 aromatic heterocycles. The second-order valence-electron chi connectivity index (χ2n) is 4.63. The van der Waals surface area contributed by atoms with Crippen LogP contribution in [0.15, 0.2) is 4.52 Å². The number of nitrogens with one attached hydrogen (secondary N) is 1. The number of aromatic nitrogens is 2. The van der Waals surface area contributed by atoms with Crippen molar-refractivity contribution >= 4 is 12.1 Å². The molecule has 1 unspecified atom stereocenters. The Bertz CT molecular complexity index is 449. The molecule has 0 aliphatic heterocycles. The molecule has 0 aliphatic carbocycles. The predicted octanol–water partition coefficient (Wildman–Crippen LogP) is 1.35.